The van der Waals surface area contributed by atoms with Gasteiger partial charge in [0.05, 0.1) is 4.92 Å². The van der Waals surface area contributed by atoms with Crippen LogP contribution in [-0.2, 0) is 16.0 Å². The molecule has 0 radical (unpaired) electrons. The first-order valence-corrected chi connectivity index (χ1v) is 11.0. The van der Waals surface area contributed by atoms with Crippen molar-refractivity contribution in [1.82, 2.24) is 15.5 Å². The monoisotopic (exact) mass is 465 g/mol. The standard InChI is InChI=1S/C23H23N5O4S/c29-21-19(22(30)27(23(33)25-21)11-8-16-4-2-1-3-5-16)15-17-14-18(28(31)32)6-7-20(17)26-12-9-24-10-13-26/h1-7,14-15,24H,8-13H2,(H,25,29,33)/b19-15-. The number of non-ortho nitro benzene ring substituents is 1. The molecule has 170 valence electrons. The van der Waals surface area contributed by atoms with E-state index in [0.29, 0.717) is 31.6 Å². The lowest BCUT2D eigenvalue weighted by Crippen LogP contribution is -2.54. The third-order valence-corrected chi connectivity index (χ3v) is 5.95. The second kappa shape index (κ2) is 9.88. The van der Waals surface area contributed by atoms with Crippen molar-refractivity contribution in [3.05, 3.63) is 75.3 Å². The number of amides is 2. The summed E-state index contributed by atoms with van der Waals surface area (Å²) in [5.41, 5.74) is 2.00. The van der Waals surface area contributed by atoms with Crippen LogP contribution in [0.3, 0.4) is 0 Å². The number of nitrogens with one attached hydrogen (secondary N) is 2. The molecule has 0 atom stereocenters. The number of carbonyl (C=O) groups is 2. The molecule has 2 saturated heterocycles. The summed E-state index contributed by atoms with van der Waals surface area (Å²) < 4.78 is 0. The summed E-state index contributed by atoms with van der Waals surface area (Å²) in [4.78, 5) is 40.2. The Kier molecular flexibility index (Phi) is 6.76. The summed E-state index contributed by atoms with van der Waals surface area (Å²) in [6.07, 6.45) is 2.00. The number of hydrogen-bond acceptors (Lipinski definition) is 7. The average Bonchev–Trinajstić information content (AvgIpc) is 2.82. The summed E-state index contributed by atoms with van der Waals surface area (Å²) in [6.45, 7) is 3.27. The SMILES string of the molecule is O=C1NC(=S)N(CCc2ccccc2)C(=O)/C1=C\c1cc([N+](=O)[O-])ccc1N1CCNCC1. The van der Waals surface area contributed by atoms with E-state index in [1.807, 2.05) is 30.3 Å². The van der Waals surface area contributed by atoms with E-state index in [1.165, 1.54) is 23.1 Å². The number of nitrogens with zero attached hydrogens (tertiary/aromatic N) is 3. The zero-order valence-corrected chi connectivity index (χ0v) is 18.6. The minimum atomic E-state index is -0.612. The van der Waals surface area contributed by atoms with E-state index >= 15 is 0 Å². The second-order valence-corrected chi connectivity index (χ2v) is 8.13. The van der Waals surface area contributed by atoms with Crippen molar-refractivity contribution in [2.75, 3.05) is 37.6 Å². The number of thiocarbonyl (C=S) groups is 1. The molecule has 10 heteroatoms. The van der Waals surface area contributed by atoms with E-state index in [1.54, 1.807) is 6.07 Å². The quantitative estimate of drug-likeness (QED) is 0.220. The Morgan fingerprint density at radius 1 is 1.09 bits per heavy atom. The van der Waals surface area contributed by atoms with Crippen molar-refractivity contribution in [3.63, 3.8) is 0 Å². The Morgan fingerprint density at radius 3 is 2.52 bits per heavy atom. The lowest BCUT2D eigenvalue weighted by atomic mass is 10.0. The molecule has 0 unspecified atom stereocenters. The fourth-order valence-corrected chi connectivity index (χ4v) is 4.17. The van der Waals surface area contributed by atoms with Crippen molar-refractivity contribution in [2.24, 2.45) is 0 Å². The molecule has 0 saturated carbocycles. The molecule has 2 aromatic rings. The maximum Gasteiger partial charge on any atom is 0.270 e. The highest BCUT2D eigenvalue weighted by Gasteiger charge is 2.33. The minimum absolute atomic E-state index is 0.0550. The Hall–Kier alpha value is -3.63. The maximum absolute atomic E-state index is 13.2. The van der Waals surface area contributed by atoms with E-state index in [0.717, 1.165) is 24.3 Å². The molecule has 2 heterocycles. The number of anilines is 1. The van der Waals surface area contributed by atoms with Crippen molar-refractivity contribution in [3.8, 4) is 0 Å². The number of nitro benzene ring substituents is 1. The molecule has 2 aliphatic rings. The van der Waals surface area contributed by atoms with Gasteiger partial charge in [-0.25, -0.2) is 0 Å². The maximum atomic E-state index is 13.2. The Morgan fingerprint density at radius 2 is 1.82 bits per heavy atom. The third kappa shape index (κ3) is 5.07. The number of benzene rings is 2. The fourth-order valence-electron chi connectivity index (χ4n) is 3.90. The highest BCUT2D eigenvalue weighted by atomic mass is 32.1. The lowest BCUT2D eigenvalue weighted by Gasteiger charge is -2.31. The molecule has 0 aromatic heterocycles. The lowest BCUT2D eigenvalue weighted by molar-refractivity contribution is -0.384. The van der Waals surface area contributed by atoms with Gasteiger partial charge in [0.2, 0.25) is 0 Å². The number of hydrogen-bond donors (Lipinski definition) is 2. The first kappa shape index (κ1) is 22.6. The van der Waals surface area contributed by atoms with Gasteiger partial charge >= 0.3 is 0 Å². The normalized spacial score (nSPS) is 17.9. The molecule has 2 amide bonds. The molecule has 2 N–H and O–H groups in total. The summed E-state index contributed by atoms with van der Waals surface area (Å²) in [5.74, 6) is -1.13. The van der Waals surface area contributed by atoms with Crippen LogP contribution in [0.4, 0.5) is 11.4 Å². The number of piperazine rings is 1. The van der Waals surface area contributed by atoms with Gasteiger partial charge in [0.1, 0.15) is 5.57 Å². The number of rotatable bonds is 6. The first-order chi connectivity index (χ1) is 15.9. The van der Waals surface area contributed by atoms with Crippen LogP contribution >= 0.6 is 12.2 Å². The average molecular weight is 466 g/mol. The predicted molar refractivity (Wildman–Crippen MR) is 129 cm³/mol. The summed E-state index contributed by atoms with van der Waals surface area (Å²) in [7, 11) is 0. The zero-order chi connectivity index (χ0) is 23.4. The Bertz CT molecular complexity index is 1130. The smallest absolute Gasteiger partial charge is 0.270 e. The molecule has 0 aliphatic carbocycles. The van der Waals surface area contributed by atoms with Gasteiger partial charge in [0.15, 0.2) is 5.11 Å². The first-order valence-electron chi connectivity index (χ1n) is 10.6. The predicted octanol–water partition coefficient (Wildman–Crippen LogP) is 1.87. The molecule has 2 fully saturated rings. The summed E-state index contributed by atoms with van der Waals surface area (Å²) in [5, 5.41) is 17.3. The summed E-state index contributed by atoms with van der Waals surface area (Å²) >= 11 is 5.24. The van der Waals surface area contributed by atoms with E-state index in [9.17, 15) is 19.7 Å². The zero-order valence-electron chi connectivity index (χ0n) is 17.8. The molecule has 2 aliphatic heterocycles. The largest absolute Gasteiger partial charge is 0.368 e. The van der Waals surface area contributed by atoms with Gasteiger partial charge in [-0.05, 0) is 36.3 Å². The highest BCUT2D eigenvalue weighted by Crippen LogP contribution is 2.29. The van der Waals surface area contributed by atoms with Gasteiger partial charge in [-0.3, -0.25) is 29.9 Å². The van der Waals surface area contributed by atoms with Crippen molar-refractivity contribution < 1.29 is 14.5 Å². The van der Waals surface area contributed by atoms with Crippen molar-refractivity contribution in [2.45, 2.75) is 6.42 Å². The van der Waals surface area contributed by atoms with Gasteiger partial charge in [-0.15, -0.1) is 0 Å². The van der Waals surface area contributed by atoms with Gasteiger partial charge in [0, 0.05) is 56.1 Å². The van der Waals surface area contributed by atoms with Crippen molar-refractivity contribution in [1.29, 1.82) is 0 Å². The van der Waals surface area contributed by atoms with Crippen LogP contribution in [0.2, 0.25) is 0 Å². The van der Waals surface area contributed by atoms with Gasteiger partial charge in [0.25, 0.3) is 17.5 Å². The molecule has 0 bridgehead atoms. The fraction of sp³-hybridized carbons (Fsp3) is 0.261. The van der Waals surface area contributed by atoms with Gasteiger partial charge in [-0.2, -0.15) is 0 Å². The van der Waals surface area contributed by atoms with E-state index in [2.05, 4.69) is 15.5 Å². The molecule has 33 heavy (non-hydrogen) atoms. The second-order valence-electron chi connectivity index (χ2n) is 7.75. The van der Waals surface area contributed by atoms with Crippen LogP contribution < -0.4 is 15.5 Å². The third-order valence-electron chi connectivity index (χ3n) is 5.63. The van der Waals surface area contributed by atoms with Crippen molar-refractivity contribution >= 4 is 46.6 Å². The summed E-state index contributed by atoms with van der Waals surface area (Å²) in [6, 6.07) is 14.1. The van der Waals surface area contributed by atoms with Crippen LogP contribution in [0.5, 0.6) is 0 Å². The van der Waals surface area contributed by atoms with Crippen LogP contribution in [0, 0.1) is 10.1 Å². The molecule has 9 nitrogen and oxygen atoms in total. The molecule has 2 aromatic carbocycles. The number of carbonyl (C=O) groups excluding carboxylic acids is 2. The molecular weight excluding hydrogens is 442 g/mol. The molecule has 4 rings (SSSR count). The molecule has 0 spiro atoms. The van der Waals surface area contributed by atoms with E-state index < -0.39 is 16.7 Å². The van der Waals surface area contributed by atoms with E-state index in [4.69, 9.17) is 12.2 Å². The van der Waals surface area contributed by atoms with Crippen LogP contribution in [0.1, 0.15) is 11.1 Å². The van der Waals surface area contributed by atoms with Crippen LogP contribution in [0.25, 0.3) is 6.08 Å². The topological polar surface area (TPSA) is 108 Å². The van der Waals surface area contributed by atoms with Crippen LogP contribution in [0.15, 0.2) is 54.1 Å². The highest BCUT2D eigenvalue weighted by molar-refractivity contribution is 7.80. The van der Waals surface area contributed by atoms with Gasteiger partial charge in [-0.1, -0.05) is 30.3 Å². The molecular formula is C23H23N5O4S. The number of nitro groups is 1. The minimum Gasteiger partial charge on any atom is -0.368 e. The van der Waals surface area contributed by atoms with E-state index in [-0.39, 0.29) is 16.4 Å². The van der Waals surface area contributed by atoms with Gasteiger partial charge < -0.3 is 10.2 Å². The Labute approximate surface area is 196 Å². The Balaban J connectivity index is 1.66. The van der Waals surface area contributed by atoms with Crippen LogP contribution in [-0.4, -0.2) is 59.5 Å².